The molecule has 0 amide bonds. The van der Waals surface area contributed by atoms with Crippen molar-refractivity contribution in [3.05, 3.63) is 0 Å². The molecule has 0 aromatic rings. The van der Waals surface area contributed by atoms with Crippen LogP contribution >= 0.6 is 7.82 Å². The van der Waals surface area contributed by atoms with E-state index in [0.717, 1.165) is 7.11 Å². The average Bonchev–Trinajstić information content (AvgIpc) is 2.30. The molecule has 6 N–H and O–H groups in total. The first-order chi connectivity index (χ1) is 7.82. The molecule has 1 aliphatic heterocycles. The van der Waals surface area contributed by atoms with Gasteiger partial charge in [-0.15, -0.1) is 0 Å². The zero-order valence-corrected chi connectivity index (χ0v) is 9.93. The number of hydrogen-bond acceptors (Lipinski definition) is 8. The molecule has 0 aliphatic carbocycles. The zero-order valence-electron chi connectivity index (χ0n) is 9.04. The number of aliphatic hydroxyl groups excluding tert-OH is 3. The van der Waals surface area contributed by atoms with E-state index in [9.17, 15) is 14.8 Å². The van der Waals surface area contributed by atoms with E-state index in [2.05, 4.69) is 9.05 Å². The largest absolute Gasteiger partial charge is 0.474 e. The third-order valence-corrected chi connectivity index (χ3v) is 3.33. The molecule has 1 fully saturated rings. The fourth-order valence-corrected chi connectivity index (χ4v) is 1.91. The Morgan fingerprint density at radius 3 is 2.47 bits per heavy atom. The molecule has 0 aromatic heterocycles. The van der Waals surface area contributed by atoms with E-state index in [1.807, 2.05) is 0 Å². The van der Waals surface area contributed by atoms with Crippen LogP contribution in [0.1, 0.15) is 0 Å². The molecule has 1 saturated heterocycles. The van der Waals surface area contributed by atoms with Crippen LogP contribution in [0.2, 0.25) is 0 Å². The molecule has 0 radical (unpaired) electrons. The van der Waals surface area contributed by atoms with Crippen molar-refractivity contribution in [3.63, 3.8) is 0 Å². The number of phosphoric acid groups is 1. The molecule has 6 atom stereocenters. The Kier molecular flexibility index (Phi) is 5.02. The van der Waals surface area contributed by atoms with E-state index in [1.165, 1.54) is 0 Å². The van der Waals surface area contributed by atoms with Crippen molar-refractivity contribution in [2.45, 2.75) is 30.6 Å². The standard InChI is InChI=1S/C7H16NO8P/c1-14-17(12,13)16-7-4(8)6(11)5(10)3(2-9)15-7/h3-7,9-11H,2,8H2,1H3,(H,12,13)/t3?,4?,5-,6?,7?/m0/s1. The Balaban J connectivity index is 2.75. The Morgan fingerprint density at radius 1 is 1.41 bits per heavy atom. The van der Waals surface area contributed by atoms with Gasteiger partial charge in [0.2, 0.25) is 0 Å². The maximum absolute atomic E-state index is 11.1. The van der Waals surface area contributed by atoms with Crippen LogP contribution in [0.4, 0.5) is 0 Å². The summed E-state index contributed by atoms with van der Waals surface area (Å²) >= 11 is 0. The fraction of sp³-hybridized carbons (Fsp3) is 1.00. The predicted octanol–water partition coefficient (Wildman–Crippen LogP) is -2.48. The highest BCUT2D eigenvalue weighted by atomic mass is 31.2. The normalized spacial score (nSPS) is 42.1. The minimum absolute atomic E-state index is 0.604. The van der Waals surface area contributed by atoms with Gasteiger partial charge in [0.15, 0.2) is 6.29 Å². The van der Waals surface area contributed by atoms with E-state index in [4.69, 9.17) is 20.5 Å². The van der Waals surface area contributed by atoms with Gasteiger partial charge in [-0.2, -0.15) is 0 Å². The van der Waals surface area contributed by atoms with Crippen LogP contribution in [0.5, 0.6) is 0 Å². The van der Waals surface area contributed by atoms with E-state index < -0.39 is 45.1 Å². The first kappa shape index (κ1) is 15.0. The van der Waals surface area contributed by atoms with Gasteiger partial charge in [-0.1, -0.05) is 0 Å². The monoisotopic (exact) mass is 273 g/mol. The number of ether oxygens (including phenoxy) is 1. The second-order valence-electron chi connectivity index (χ2n) is 3.54. The lowest BCUT2D eigenvalue weighted by molar-refractivity contribution is -0.243. The molecule has 17 heavy (non-hydrogen) atoms. The van der Waals surface area contributed by atoms with Gasteiger partial charge in [-0.3, -0.25) is 9.05 Å². The van der Waals surface area contributed by atoms with E-state index in [1.54, 1.807) is 0 Å². The second-order valence-corrected chi connectivity index (χ2v) is 5.05. The highest BCUT2D eigenvalue weighted by Crippen LogP contribution is 2.45. The Labute approximate surface area is 97.3 Å². The summed E-state index contributed by atoms with van der Waals surface area (Å²) in [6, 6.07) is -1.25. The van der Waals surface area contributed by atoms with Crippen molar-refractivity contribution in [2.75, 3.05) is 13.7 Å². The average molecular weight is 273 g/mol. The summed E-state index contributed by atoms with van der Waals surface area (Å²) in [6.45, 7) is -0.604. The van der Waals surface area contributed by atoms with Gasteiger partial charge in [0, 0.05) is 7.11 Å². The summed E-state index contributed by atoms with van der Waals surface area (Å²) in [5.41, 5.74) is 5.46. The van der Waals surface area contributed by atoms with Gasteiger partial charge < -0.3 is 30.7 Å². The maximum Gasteiger partial charge on any atom is 0.474 e. The lowest BCUT2D eigenvalue weighted by atomic mass is 9.98. The van der Waals surface area contributed by atoms with Crippen molar-refractivity contribution < 1.29 is 38.6 Å². The van der Waals surface area contributed by atoms with Gasteiger partial charge in [-0.25, -0.2) is 4.57 Å². The molecule has 5 unspecified atom stereocenters. The highest BCUT2D eigenvalue weighted by molar-refractivity contribution is 7.47. The summed E-state index contributed by atoms with van der Waals surface area (Å²) in [7, 11) is -3.39. The molecule has 0 aromatic carbocycles. The first-order valence-corrected chi connectivity index (χ1v) is 6.27. The molecule has 10 heteroatoms. The van der Waals surface area contributed by atoms with Crippen molar-refractivity contribution in [1.82, 2.24) is 0 Å². The smallest absolute Gasteiger partial charge is 0.394 e. The van der Waals surface area contributed by atoms with Crippen LogP contribution in [0.3, 0.4) is 0 Å². The van der Waals surface area contributed by atoms with Crippen LogP contribution in [0, 0.1) is 0 Å². The molecule has 0 saturated carbocycles. The summed E-state index contributed by atoms with van der Waals surface area (Å²) in [5, 5.41) is 27.9. The van der Waals surface area contributed by atoms with E-state index in [0.29, 0.717) is 0 Å². The summed E-state index contributed by atoms with van der Waals surface area (Å²) < 4.78 is 24.8. The summed E-state index contributed by atoms with van der Waals surface area (Å²) in [6.07, 6.45) is -5.49. The molecule has 0 bridgehead atoms. The number of nitrogens with two attached hydrogens (primary N) is 1. The number of aliphatic hydroxyl groups is 3. The second kappa shape index (κ2) is 5.70. The van der Waals surface area contributed by atoms with Crippen LogP contribution in [0.15, 0.2) is 0 Å². The zero-order chi connectivity index (χ0) is 13.2. The van der Waals surface area contributed by atoms with Crippen molar-refractivity contribution in [2.24, 2.45) is 5.73 Å². The molecule has 9 nitrogen and oxygen atoms in total. The molecule has 102 valence electrons. The molecular weight excluding hydrogens is 257 g/mol. The lowest BCUT2D eigenvalue weighted by Crippen LogP contribution is -2.62. The summed E-state index contributed by atoms with van der Waals surface area (Å²) in [5.74, 6) is 0. The molecule has 1 rings (SSSR count). The van der Waals surface area contributed by atoms with E-state index in [-0.39, 0.29) is 0 Å². The molecule has 1 aliphatic rings. The Hall–Kier alpha value is -0.0900. The number of rotatable bonds is 4. The van der Waals surface area contributed by atoms with Gasteiger partial charge >= 0.3 is 7.82 Å². The first-order valence-electron chi connectivity index (χ1n) is 4.77. The maximum atomic E-state index is 11.1. The molecule has 1 heterocycles. The van der Waals surface area contributed by atoms with Crippen molar-refractivity contribution in [1.29, 1.82) is 0 Å². The topological polar surface area (TPSA) is 152 Å². The molecular formula is C7H16NO8P. The van der Waals surface area contributed by atoms with Crippen LogP contribution in [-0.2, 0) is 18.3 Å². The van der Waals surface area contributed by atoms with Crippen LogP contribution in [0.25, 0.3) is 0 Å². The summed E-state index contributed by atoms with van der Waals surface area (Å²) in [4.78, 5) is 9.07. The third kappa shape index (κ3) is 3.44. The fourth-order valence-electron chi connectivity index (χ4n) is 1.37. The lowest BCUT2D eigenvalue weighted by Gasteiger charge is -2.40. The Bertz CT molecular complexity index is 300. The quantitative estimate of drug-likeness (QED) is 0.350. The van der Waals surface area contributed by atoms with Crippen LogP contribution in [-0.4, -0.2) is 64.6 Å². The minimum atomic E-state index is -4.34. The van der Waals surface area contributed by atoms with Gasteiger partial charge in [-0.05, 0) is 0 Å². The van der Waals surface area contributed by atoms with Gasteiger partial charge in [0.25, 0.3) is 0 Å². The van der Waals surface area contributed by atoms with Gasteiger partial charge in [0.05, 0.1) is 12.6 Å². The van der Waals surface area contributed by atoms with Gasteiger partial charge in [0.1, 0.15) is 18.3 Å². The highest BCUT2D eigenvalue weighted by Gasteiger charge is 2.45. The van der Waals surface area contributed by atoms with Crippen molar-refractivity contribution >= 4 is 7.82 Å². The van der Waals surface area contributed by atoms with Crippen LogP contribution < -0.4 is 5.73 Å². The Morgan fingerprint density at radius 2 is 2.00 bits per heavy atom. The SMILES string of the molecule is COP(=O)(O)OC1OC(CO)[C@H](O)C(O)C1N. The third-order valence-electron chi connectivity index (χ3n) is 2.40. The number of hydrogen-bond donors (Lipinski definition) is 5. The van der Waals surface area contributed by atoms with E-state index >= 15 is 0 Å². The predicted molar refractivity (Wildman–Crippen MR) is 53.7 cm³/mol. The minimum Gasteiger partial charge on any atom is -0.394 e. The number of phosphoric ester groups is 1. The van der Waals surface area contributed by atoms with Crippen molar-refractivity contribution in [3.8, 4) is 0 Å². The molecule has 0 spiro atoms.